The van der Waals surface area contributed by atoms with Gasteiger partial charge in [0, 0.05) is 11.6 Å². The van der Waals surface area contributed by atoms with E-state index in [1.807, 2.05) is 29.7 Å². The minimum Gasteiger partial charge on any atom is -0.497 e. The summed E-state index contributed by atoms with van der Waals surface area (Å²) in [6.07, 6.45) is 5.52. The molecule has 6 nitrogen and oxygen atoms in total. The van der Waals surface area contributed by atoms with E-state index >= 15 is 0 Å². The van der Waals surface area contributed by atoms with Crippen LogP contribution in [0.4, 0.5) is 0 Å². The number of methoxy groups -OCH3 is 2. The number of hydrogen-bond donors (Lipinski definition) is 0. The highest BCUT2D eigenvalue weighted by Crippen LogP contribution is 2.25. The zero-order valence-corrected chi connectivity index (χ0v) is 16.7. The van der Waals surface area contributed by atoms with Crippen LogP contribution in [0.1, 0.15) is 17.3 Å². The lowest BCUT2D eigenvalue weighted by Gasteiger charge is -2.06. The third-order valence-electron chi connectivity index (χ3n) is 4.01. The molecule has 0 unspecified atom stereocenters. The average Bonchev–Trinajstić information content (AvgIpc) is 3.04. The van der Waals surface area contributed by atoms with Gasteiger partial charge in [0.1, 0.15) is 17.2 Å². The Labute approximate surface area is 167 Å². The Morgan fingerprint density at radius 3 is 2.46 bits per heavy atom. The van der Waals surface area contributed by atoms with E-state index in [0.29, 0.717) is 35.0 Å². The highest BCUT2D eigenvalue weighted by Gasteiger charge is 2.12. The maximum atomic E-state index is 12.8. The Balaban J connectivity index is 2.11. The lowest BCUT2D eigenvalue weighted by molar-refractivity contribution is 0.0997. The van der Waals surface area contributed by atoms with Gasteiger partial charge in [0.2, 0.25) is 0 Å². The number of thiazole rings is 1. The van der Waals surface area contributed by atoms with Crippen LogP contribution in [0.2, 0.25) is 0 Å². The van der Waals surface area contributed by atoms with Crippen molar-refractivity contribution in [3.8, 4) is 29.6 Å². The minimum atomic E-state index is -0.403. The Kier molecular flexibility index (Phi) is 6.02. The summed E-state index contributed by atoms with van der Waals surface area (Å²) in [5.41, 5.74) is 1.28. The molecule has 1 heterocycles. The third kappa shape index (κ3) is 4.02. The van der Waals surface area contributed by atoms with E-state index in [0.717, 1.165) is 16.0 Å². The van der Waals surface area contributed by atoms with Crippen LogP contribution in [0.25, 0.3) is 10.2 Å². The van der Waals surface area contributed by atoms with E-state index < -0.39 is 5.91 Å². The maximum Gasteiger partial charge on any atom is 0.279 e. The molecule has 0 bridgehead atoms. The number of aromatic nitrogens is 1. The van der Waals surface area contributed by atoms with Crippen LogP contribution in [0, 0.1) is 12.3 Å². The predicted molar refractivity (Wildman–Crippen MR) is 109 cm³/mol. The van der Waals surface area contributed by atoms with Crippen molar-refractivity contribution in [2.45, 2.75) is 13.5 Å². The number of benzene rings is 2. The molecule has 1 amide bonds. The van der Waals surface area contributed by atoms with Crippen molar-refractivity contribution in [3.05, 3.63) is 46.8 Å². The molecular formula is C21H20N2O4S. The van der Waals surface area contributed by atoms with Gasteiger partial charge in [0.05, 0.1) is 37.6 Å². The Morgan fingerprint density at radius 1 is 1.14 bits per heavy atom. The van der Waals surface area contributed by atoms with Crippen molar-refractivity contribution in [2.75, 3.05) is 20.8 Å². The van der Waals surface area contributed by atoms with Crippen LogP contribution in [0.3, 0.4) is 0 Å². The van der Waals surface area contributed by atoms with Crippen LogP contribution in [-0.4, -0.2) is 31.3 Å². The van der Waals surface area contributed by atoms with Crippen molar-refractivity contribution < 1.29 is 19.0 Å². The molecule has 3 rings (SSSR count). The van der Waals surface area contributed by atoms with E-state index in [9.17, 15) is 4.79 Å². The van der Waals surface area contributed by atoms with Gasteiger partial charge in [-0.2, -0.15) is 4.99 Å². The quantitative estimate of drug-likeness (QED) is 0.599. The fourth-order valence-corrected chi connectivity index (χ4v) is 3.78. The lowest BCUT2D eigenvalue weighted by atomic mass is 10.2. The maximum absolute atomic E-state index is 12.8. The molecule has 0 aliphatic carbocycles. The summed E-state index contributed by atoms with van der Waals surface area (Å²) in [5, 5.41) is 0. The van der Waals surface area contributed by atoms with Crippen LogP contribution >= 0.6 is 11.3 Å². The molecule has 28 heavy (non-hydrogen) atoms. The lowest BCUT2D eigenvalue weighted by Crippen LogP contribution is -2.16. The van der Waals surface area contributed by atoms with E-state index in [1.165, 1.54) is 25.6 Å². The molecule has 7 heteroatoms. The number of hydrogen-bond acceptors (Lipinski definition) is 5. The van der Waals surface area contributed by atoms with Gasteiger partial charge in [0.25, 0.3) is 5.91 Å². The zero-order valence-electron chi connectivity index (χ0n) is 15.9. The van der Waals surface area contributed by atoms with Gasteiger partial charge in [-0.15, -0.1) is 6.42 Å². The summed E-state index contributed by atoms with van der Waals surface area (Å²) in [4.78, 5) is 17.6. The Hall–Kier alpha value is -3.24. The normalized spacial score (nSPS) is 11.3. The van der Waals surface area contributed by atoms with E-state index in [-0.39, 0.29) is 0 Å². The van der Waals surface area contributed by atoms with Crippen molar-refractivity contribution in [1.82, 2.24) is 4.57 Å². The van der Waals surface area contributed by atoms with Crippen LogP contribution in [0.5, 0.6) is 17.2 Å². The number of nitrogens with zero attached hydrogens (tertiary/aromatic N) is 2. The second-order valence-electron chi connectivity index (χ2n) is 5.76. The monoisotopic (exact) mass is 396 g/mol. The SMILES string of the molecule is C#CCn1c(=NC(=O)c2cc(OC)cc(OC)c2)sc2cc(OCC)ccc21. The zero-order chi connectivity index (χ0) is 20.1. The Morgan fingerprint density at radius 2 is 1.86 bits per heavy atom. The van der Waals surface area contributed by atoms with Gasteiger partial charge >= 0.3 is 0 Å². The number of fused-ring (bicyclic) bond motifs is 1. The first-order chi connectivity index (χ1) is 13.6. The van der Waals surface area contributed by atoms with Crippen molar-refractivity contribution >= 4 is 27.5 Å². The Bertz CT molecular complexity index is 1100. The topological polar surface area (TPSA) is 62.1 Å². The summed E-state index contributed by atoms with van der Waals surface area (Å²) in [6, 6.07) is 10.7. The molecule has 0 radical (unpaired) electrons. The van der Waals surface area contributed by atoms with Gasteiger partial charge in [-0.3, -0.25) is 4.79 Å². The van der Waals surface area contributed by atoms with Crippen molar-refractivity contribution in [3.63, 3.8) is 0 Å². The van der Waals surface area contributed by atoms with Gasteiger partial charge in [-0.05, 0) is 37.3 Å². The fraction of sp³-hybridized carbons (Fsp3) is 0.238. The molecule has 0 atom stereocenters. The molecule has 0 N–H and O–H groups in total. The smallest absolute Gasteiger partial charge is 0.279 e. The molecule has 1 aromatic heterocycles. The molecule has 3 aromatic rings. The number of carbonyl (C=O) groups is 1. The standard InChI is InChI=1S/C21H20N2O4S/c1-5-9-23-18-8-7-15(27-6-2)13-19(18)28-21(23)22-20(24)14-10-16(25-3)12-17(11-14)26-4/h1,7-8,10-13H,6,9H2,2-4H3. The van der Waals surface area contributed by atoms with Crippen LogP contribution in [-0.2, 0) is 6.54 Å². The molecule has 0 spiro atoms. The van der Waals surface area contributed by atoms with Gasteiger partial charge < -0.3 is 18.8 Å². The summed E-state index contributed by atoms with van der Waals surface area (Å²) < 4.78 is 18.8. The number of amides is 1. The van der Waals surface area contributed by atoms with E-state index in [1.54, 1.807) is 18.2 Å². The van der Waals surface area contributed by atoms with Crippen LogP contribution < -0.4 is 19.0 Å². The van der Waals surface area contributed by atoms with Crippen LogP contribution in [0.15, 0.2) is 41.4 Å². The van der Waals surface area contributed by atoms with Crippen molar-refractivity contribution in [1.29, 1.82) is 0 Å². The predicted octanol–water partition coefficient (Wildman–Crippen LogP) is 3.49. The first-order valence-electron chi connectivity index (χ1n) is 8.61. The molecular weight excluding hydrogens is 376 g/mol. The summed E-state index contributed by atoms with van der Waals surface area (Å²) in [6.45, 7) is 2.81. The summed E-state index contributed by atoms with van der Waals surface area (Å²) >= 11 is 1.38. The molecule has 0 saturated carbocycles. The first kappa shape index (κ1) is 19.5. The fourth-order valence-electron chi connectivity index (χ4n) is 2.72. The number of ether oxygens (including phenoxy) is 3. The van der Waals surface area contributed by atoms with Gasteiger partial charge in [-0.25, -0.2) is 0 Å². The number of rotatable bonds is 6. The second kappa shape index (κ2) is 8.63. The van der Waals surface area contributed by atoms with Gasteiger partial charge in [0.15, 0.2) is 4.80 Å². The summed E-state index contributed by atoms with van der Waals surface area (Å²) in [7, 11) is 3.06. The molecule has 0 fully saturated rings. The third-order valence-corrected chi connectivity index (χ3v) is 5.05. The second-order valence-corrected chi connectivity index (χ2v) is 6.76. The van der Waals surface area contributed by atoms with E-state index in [2.05, 4.69) is 10.9 Å². The minimum absolute atomic E-state index is 0.307. The average molecular weight is 396 g/mol. The number of carbonyl (C=O) groups excluding carboxylic acids is 1. The highest BCUT2D eigenvalue weighted by molar-refractivity contribution is 7.16. The molecule has 0 saturated heterocycles. The molecule has 0 aliphatic heterocycles. The molecule has 2 aromatic carbocycles. The number of terminal acetylenes is 1. The molecule has 144 valence electrons. The highest BCUT2D eigenvalue weighted by atomic mass is 32.1. The van der Waals surface area contributed by atoms with Gasteiger partial charge in [-0.1, -0.05) is 17.3 Å². The van der Waals surface area contributed by atoms with E-state index in [4.69, 9.17) is 20.6 Å². The van der Waals surface area contributed by atoms with Crippen molar-refractivity contribution in [2.24, 2.45) is 4.99 Å². The summed E-state index contributed by atoms with van der Waals surface area (Å²) in [5.74, 6) is 4.02. The molecule has 0 aliphatic rings. The largest absolute Gasteiger partial charge is 0.497 e. The first-order valence-corrected chi connectivity index (χ1v) is 9.43.